The first kappa shape index (κ1) is 54.0. The fraction of sp³-hybridized carbons (Fsp3) is 1.00. The normalized spacial score (nSPS) is 13.1. The van der Waals surface area contributed by atoms with Crippen LogP contribution in [0.4, 0.5) is 26.3 Å². The molecule has 0 aromatic rings. The van der Waals surface area contributed by atoms with Crippen LogP contribution < -0.4 is 0 Å². The zero-order valence-corrected chi connectivity index (χ0v) is 34.2. The minimum Gasteiger partial charge on any atom is -0.171 e. The first-order chi connectivity index (χ1) is 21.2. The Balaban J connectivity index is -0.0000000644. The standard InChI is InChI=1S/C6H11F3.C6H14.C5H9F3.2C5H12.3C4H10/c1-3-4-5(2)6(7,8)9;1-4-5-6(2)3;1-3-4(2)5(6,7)8;1-4-5(2)3;1-3-5-4-2;2*1-4(2)3;1-3-4-2/h5H,3-4H2,1-2H3;6H,4-5H2,1-3H3;4H,3H2,1-2H3;5H,4H2,1-3H3;3-5H2,1-2H3;2*4H,1-3H3;3-4H2,1-2H3/i;;;;;4D;;3D2. The second kappa shape index (κ2) is 48.0. The lowest BCUT2D eigenvalue weighted by molar-refractivity contribution is -0.171. The van der Waals surface area contributed by atoms with Gasteiger partial charge in [0.15, 0.2) is 0 Å². The van der Waals surface area contributed by atoms with Gasteiger partial charge in [-0.1, -0.05) is 196 Å². The minimum atomic E-state index is -3.99. The molecule has 0 saturated heterocycles. The smallest absolute Gasteiger partial charge is 0.171 e. The molecule has 0 aromatic heterocycles. The van der Waals surface area contributed by atoms with E-state index in [2.05, 4.69) is 76.2 Å². The number of hydrogen-bond acceptors (Lipinski definition) is 0. The zero-order valence-electron chi connectivity index (χ0n) is 37.2. The summed E-state index contributed by atoms with van der Waals surface area (Å²) in [6.07, 6.45) is 0.760. The Morgan fingerprint density at radius 1 is 0.467 bits per heavy atom. The highest BCUT2D eigenvalue weighted by Crippen LogP contribution is 2.29. The van der Waals surface area contributed by atoms with E-state index in [1.165, 1.54) is 59.3 Å². The van der Waals surface area contributed by atoms with Crippen LogP contribution in [0.25, 0.3) is 0 Å². The van der Waals surface area contributed by atoms with E-state index in [1.807, 2.05) is 27.7 Å². The van der Waals surface area contributed by atoms with Crippen molar-refractivity contribution in [2.45, 2.75) is 221 Å². The van der Waals surface area contributed by atoms with Crippen molar-refractivity contribution in [2.75, 3.05) is 0 Å². The molecule has 0 saturated carbocycles. The molecule has 6 heteroatoms. The molecule has 0 aliphatic rings. The topological polar surface area (TPSA) is 0 Å². The average molecular weight is 674 g/mol. The van der Waals surface area contributed by atoms with E-state index in [4.69, 9.17) is 4.11 Å². The summed E-state index contributed by atoms with van der Waals surface area (Å²) in [4.78, 5) is 0. The van der Waals surface area contributed by atoms with Crippen LogP contribution in [0.3, 0.4) is 0 Å². The van der Waals surface area contributed by atoms with Gasteiger partial charge in [-0.05, 0) is 36.5 Å². The van der Waals surface area contributed by atoms with Crippen LogP contribution in [0.15, 0.2) is 0 Å². The van der Waals surface area contributed by atoms with Crippen molar-refractivity contribution in [2.24, 2.45) is 35.5 Å². The van der Waals surface area contributed by atoms with Gasteiger partial charge < -0.3 is 0 Å². The first-order valence-corrected chi connectivity index (χ1v) is 17.8. The third-order valence-electron chi connectivity index (χ3n) is 5.19. The molecule has 45 heavy (non-hydrogen) atoms. The molecule has 0 aromatic carbocycles. The van der Waals surface area contributed by atoms with Gasteiger partial charge in [-0.15, -0.1) is 0 Å². The fourth-order valence-corrected chi connectivity index (χ4v) is 1.76. The Hall–Kier alpha value is -0.420. The van der Waals surface area contributed by atoms with Crippen LogP contribution >= 0.6 is 0 Å². The number of halogens is 6. The van der Waals surface area contributed by atoms with E-state index >= 15 is 0 Å². The van der Waals surface area contributed by atoms with Gasteiger partial charge in [0, 0.05) is 4.11 Å². The second-order valence-electron chi connectivity index (χ2n) is 13.4. The first-order valence-electron chi connectivity index (χ1n) is 19.3. The molecule has 286 valence electrons. The molecule has 2 unspecified atom stereocenters. The van der Waals surface area contributed by atoms with Crippen LogP contribution in [-0.2, 0) is 0 Å². The molecule has 0 heterocycles. The molecular formula is C39H88F6. The van der Waals surface area contributed by atoms with Gasteiger partial charge in [-0.25, -0.2) is 0 Å². The fourth-order valence-electron chi connectivity index (χ4n) is 1.76. The highest BCUT2D eigenvalue weighted by atomic mass is 19.4. The van der Waals surface area contributed by atoms with Crippen LogP contribution in [0.1, 0.15) is 213 Å². The summed E-state index contributed by atoms with van der Waals surface area (Å²) in [5.74, 6) is 0.0787. The molecular weight excluding hydrogens is 582 g/mol. The lowest BCUT2D eigenvalue weighted by Gasteiger charge is -2.13. The second-order valence-corrected chi connectivity index (χ2v) is 13.4. The van der Waals surface area contributed by atoms with Crippen molar-refractivity contribution in [3.05, 3.63) is 0 Å². The van der Waals surface area contributed by atoms with Gasteiger partial charge in [0.05, 0.1) is 11.8 Å². The largest absolute Gasteiger partial charge is 0.391 e. The van der Waals surface area contributed by atoms with Gasteiger partial charge in [0.25, 0.3) is 0 Å². The summed E-state index contributed by atoms with van der Waals surface area (Å²) < 4.78 is 89.9. The minimum absolute atomic E-state index is 0.170. The number of rotatable bonds is 9. The summed E-state index contributed by atoms with van der Waals surface area (Å²) in [7, 11) is 0. The maximum absolute atomic E-state index is 11.6. The molecule has 0 aliphatic heterocycles. The SMILES string of the molecule is CC(C)C.CCC(C)C.CCC(C)C(F)(F)F.CCCC(C)C.CCCC(C)C(F)(F)F.CCCCC.[2H]C(C)(C)C.[2H]C([2H])(C)CC. The molecule has 0 fully saturated rings. The number of unbranched alkanes of at least 4 members (excludes halogenated alkanes) is 2. The monoisotopic (exact) mass is 674 g/mol. The van der Waals surface area contributed by atoms with Crippen molar-refractivity contribution >= 4 is 0 Å². The number of hydrogen-bond donors (Lipinski definition) is 0. The zero-order chi connectivity index (χ0) is 41.0. The molecule has 0 N–H and O–H groups in total. The molecule has 0 amide bonds. The summed E-state index contributed by atoms with van der Waals surface area (Å²) in [5.41, 5.74) is 0. The molecule has 0 nitrogen and oxygen atoms in total. The maximum Gasteiger partial charge on any atom is 0.391 e. The van der Waals surface area contributed by atoms with Gasteiger partial charge in [0.1, 0.15) is 0 Å². The third kappa shape index (κ3) is 125. The van der Waals surface area contributed by atoms with Crippen LogP contribution in [-0.4, -0.2) is 12.4 Å². The van der Waals surface area contributed by atoms with Crippen LogP contribution in [0.2, 0.25) is 0 Å². The maximum atomic E-state index is 11.6. The molecule has 0 spiro atoms. The Labute approximate surface area is 287 Å². The van der Waals surface area contributed by atoms with E-state index in [-0.39, 0.29) is 18.7 Å². The highest BCUT2D eigenvalue weighted by Gasteiger charge is 2.35. The van der Waals surface area contributed by atoms with E-state index in [0.29, 0.717) is 12.8 Å². The third-order valence-corrected chi connectivity index (χ3v) is 5.19. The van der Waals surface area contributed by atoms with Gasteiger partial charge in [0.2, 0.25) is 0 Å². The van der Waals surface area contributed by atoms with E-state index in [0.717, 1.165) is 17.8 Å². The molecule has 0 rings (SSSR count). The quantitative estimate of drug-likeness (QED) is 0.214. The molecule has 2 atom stereocenters. The van der Waals surface area contributed by atoms with Crippen molar-refractivity contribution in [3.8, 4) is 0 Å². The lowest BCUT2D eigenvalue weighted by atomic mass is 10.1. The predicted octanol–water partition coefficient (Wildman–Crippen LogP) is 17.4. The summed E-state index contributed by atoms with van der Waals surface area (Å²) in [6, 6.07) is 0. The van der Waals surface area contributed by atoms with Crippen LogP contribution in [0, 0.1) is 35.5 Å². The average Bonchev–Trinajstić information content (AvgIpc) is 2.88. The Kier molecular flexibility index (Phi) is 57.6. The van der Waals surface area contributed by atoms with E-state index in [1.54, 1.807) is 13.8 Å². The van der Waals surface area contributed by atoms with Gasteiger partial charge in [-0.2, -0.15) is 26.3 Å². The highest BCUT2D eigenvalue weighted by molar-refractivity contribution is 4.60. The Morgan fingerprint density at radius 3 is 0.756 bits per heavy atom. The summed E-state index contributed by atoms with van der Waals surface area (Å²) >= 11 is 0. The van der Waals surface area contributed by atoms with Crippen molar-refractivity contribution in [1.82, 2.24) is 0 Å². The van der Waals surface area contributed by atoms with Gasteiger partial charge in [-0.3, -0.25) is 0 Å². The Morgan fingerprint density at radius 2 is 0.733 bits per heavy atom. The summed E-state index contributed by atoms with van der Waals surface area (Å²) in [6.45, 7) is 38.9. The van der Waals surface area contributed by atoms with E-state index < -0.39 is 30.6 Å². The molecule has 0 radical (unpaired) electrons. The van der Waals surface area contributed by atoms with Gasteiger partial charge >= 0.3 is 12.4 Å². The number of alkyl halides is 6. The van der Waals surface area contributed by atoms with E-state index in [9.17, 15) is 26.3 Å². The van der Waals surface area contributed by atoms with Crippen molar-refractivity contribution in [3.63, 3.8) is 0 Å². The molecule has 0 bridgehead atoms. The predicted molar refractivity (Wildman–Crippen MR) is 197 cm³/mol. The lowest BCUT2D eigenvalue weighted by Crippen LogP contribution is -2.19. The molecule has 0 aliphatic carbocycles. The van der Waals surface area contributed by atoms with Crippen LogP contribution in [0.5, 0.6) is 0 Å². The summed E-state index contributed by atoms with van der Waals surface area (Å²) in [5, 5.41) is 0. The van der Waals surface area contributed by atoms with Crippen molar-refractivity contribution < 1.29 is 30.5 Å². The Bertz CT molecular complexity index is 537. The van der Waals surface area contributed by atoms with Crippen molar-refractivity contribution in [1.29, 1.82) is 0 Å².